The van der Waals surface area contributed by atoms with Gasteiger partial charge in [0.05, 0.1) is 14.1 Å². The van der Waals surface area contributed by atoms with Crippen molar-refractivity contribution in [1.29, 1.82) is 0 Å². The molecule has 5 heteroatoms. The van der Waals surface area contributed by atoms with Gasteiger partial charge in [-0.15, -0.1) is 0 Å². The molecule has 0 unspecified atom stereocenters. The van der Waals surface area contributed by atoms with Gasteiger partial charge in [-0.2, -0.15) is 0 Å². The third kappa shape index (κ3) is 3.44. The minimum atomic E-state index is -1.46. The molecule has 102 valence electrons. The lowest BCUT2D eigenvalue weighted by atomic mass is 10.2. The molecule has 1 aliphatic heterocycles. The van der Waals surface area contributed by atoms with Crippen LogP contribution in [0.3, 0.4) is 0 Å². The van der Waals surface area contributed by atoms with Crippen LogP contribution in [0.4, 0.5) is 4.79 Å². The lowest BCUT2D eigenvalue weighted by Crippen LogP contribution is -2.38. The number of benzene rings is 1. The Balaban J connectivity index is 1.94. The molecule has 0 aromatic heterocycles. The summed E-state index contributed by atoms with van der Waals surface area (Å²) >= 11 is 0. The second-order valence-electron chi connectivity index (χ2n) is 5.74. The topological polar surface area (TPSA) is 46.6 Å². The summed E-state index contributed by atoms with van der Waals surface area (Å²) in [5.74, 6) is 0. The summed E-state index contributed by atoms with van der Waals surface area (Å²) in [7, 11) is -1.46. The van der Waals surface area contributed by atoms with Gasteiger partial charge in [0.25, 0.3) is 0 Å². The van der Waals surface area contributed by atoms with E-state index < -0.39 is 8.07 Å². The summed E-state index contributed by atoms with van der Waals surface area (Å²) in [6.07, 6.45) is 1.19. The molecule has 0 aliphatic carbocycles. The predicted molar refractivity (Wildman–Crippen MR) is 75.5 cm³/mol. The molecule has 0 spiro atoms. The highest BCUT2D eigenvalue weighted by molar-refractivity contribution is 6.78. The van der Waals surface area contributed by atoms with Crippen molar-refractivity contribution < 1.29 is 14.3 Å². The Labute approximate surface area is 114 Å². The first-order valence-electron chi connectivity index (χ1n) is 6.44. The molecule has 1 fully saturated rings. The standard InChI is InChI=1S/C14H19NO3Si/c1-19(2)10-13(8-16)15(11-19)14(17)18-9-12-6-4-3-5-7-12/h3-8,13H,9-11H2,1-2H3/t13-/m0/s1. The number of hydrogen-bond acceptors (Lipinski definition) is 3. The molecule has 2 rings (SSSR count). The molecule has 0 saturated carbocycles. The van der Waals surface area contributed by atoms with Crippen molar-refractivity contribution in [2.75, 3.05) is 6.17 Å². The van der Waals surface area contributed by atoms with E-state index in [2.05, 4.69) is 13.1 Å². The van der Waals surface area contributed by atoms with Crippen LogP contribution in [0.15, 0.2) is 30.3 Å². The Kier molecular flexibility index (Phi) is 4.04. The Bertz CT molecular complexity index is 461. The second kappa shape index (κ2) is 5.57. The molecule has 1 saturated heterocycles. The average molecular weight is 277 g/mol. The smallest absolute Gasteiger partial charge is 0.410 e. The van der Waals surface area contributed by atoms with E-state index in [1.54, 1.807) is 4.90 Å². The van der Waals surface area contributed by atoms with E-state index in [4.69, 9.17) is 4.74 Å². The van der Waals surface area contributed by atoms with Gasteiger partial charge in [0.2, 0.25) is 0 Å². The molecule has 1 heterocycles. The minimum absolute atomic E-state index is 0.254. The molecule has 1 aromatic carbocycles. The third-order valence-electron chi connectivity index (χ3n) is 3.36. The van der Waals surface area contributed by atoms with Crippen LogP contribution < -0.4 is 0 Å². The van der Waals surface area contributed by atoms with Gasteiger partial charge < -0.3 is 14.4 Å². The van der Waals surface area contributed by atoms with Gasteiger partial charge in [-0.1, -0.05) is 43.4 Å². The average Bonchev–Trinajstić information content (AvgIpc) is 2.72. The van der Waals surface area contributed by atoms with Crippen molar-refractivity contribution >= 4 is 20.5 Å². The maximum atomic E-state index is 12.0. The number of ether oxygens (including phenoxy) is 1. The number of aldehydes is 1. The molecular weight excluding hydrogens is 258 g/mol. The van der Waals surface area contributed by atoms with Crippen molar-refractivity contribution in [3.05, 3.63) is 35.9 Å². The number of carbonyl (C=O) groups is 2. The van der Waals surface area contributed by atoms with Crippen molar-refractivity contribution in [2.45, 2.75) is 31.8 Å². The number of rotatable bonds is 3. The highest BCUT2D eigenvalue weighted by Gasteiger charge is 2.41. The van der Waals surface area contributed by atoms with Crippen LogP contribution in [0.2, 0.25) is 19.1 Å². The zero-order valence-electron chi connectivity index (χ0n) is 11.3. The largest absolute Gasteiger partial charge is 0.445 e. The fraction of sp³-hybridized carbons (Fsp3) is 0.429. The highest BCUT2D eigenvalue weighted by atomic mass is 28.3. The molecule has 1 atom stereocenters. The SMILES string of the molecule is C[Si]1(C)C[C@H](C=O)N(C(=O)OCc2ccccc2)C1. The van der Waals surface area contributed by atoms with E-state index in [1.807, 2.05) is 30.3 Å². The van der Waals surface area contributed by atoms with Gasteiger partial charge in [0.15, 0.2) is 0 Å². The fourth-order valence-electron chi connectivity index (χ4n) is 2.44. The summed E-state index contributed by atoms with van der Waals surface area (Å²) in [5, 5.41) is 0. The first-order chi connectivity index (χ1) is 9.02. The molecule has 1 amide bonds. The maximum Gasteiger partial charge on any atom is 0.410 e. The molecule has 0 bridgehead atoms. The van der Waals surface area contributed by atoms with Gasteiger partial charge in [-0.3, -0.25) is 0 Å². The van der Waals surface area contributed by atoms with Crippen molar-refractivity contribution in [1.82, 2.24) is 4.90 Å². The van der Waals surface area contributed by atoms with Crippen LogP contribution in [0, 0.1) is 0 Å². The normalized spacial score (nSPS) is 21.2. The lowest BCUT2D eigenvalue weighted by Gasteiger charge is -2.20. The summed E-state index contributed by atoms with van der Waals surface area (Å²) in [6.45, 7) is 4.63. The van der Waals surface area contributed by atoms with E-state index in [9.17, 15) is 9.59 Å². The van der Waals surface area contributed by atoms with Crippen molar-refractivity contribution in [3.63, 3.8) is 0 Å². The maximum absolute atomic E-state index is 12.0. The van der Waals surface area contributed by atoms with Crippen LogP contribution in [-0.4, -0.2) is 37.6 Å². The van der Waals surface area contributed by atoms with Crippen molar-refractivity contribution in [2.24, 2.45) is 0 Å². The Morgan fingerprint density at radius 2 is 2.11 bits per heavy atom. The van der Waals surface area contributed by atoms with Gasteiger partial charge in [0, 0.05) is 6.17 Å². The molecule has 1 aromatic rings. The van der Waals surface area contributed by atoms with E-state index >= 15 is 0 Å². The van der Waals surface area contributed by atoms with E-state index in [-0.39, 0.29) is 18.7 Å². The van der Waals surface area contributed by atoms with Crippen LogP contribution in [0.25, 0.3) is 0 Å². The Hall–Kier alpha value is -1.62. The zero-order valence-corrected chi connectivity index (χ0v) is 12.3. The van der Waals surface area contributed by atoms with E-state index in [0.29, 0.717) is 6.17 Å². The molecule has 1 aliphatic rings. The van der Waals surface area contributed by atoms with Gasteiger partial charge in [-0.05, 0) is 11.6 Å². The molecule has 19 heavy (non-hydrogen) atoms. The fourth-order valence-corrected chi connectivity index (χ4v) is 5.31. The summed E-state index contributed by atoms with van der Waals surface area (Å²) in [4.78, 5) is 24.7. The Morgan fingerprint density at radius 3 is 2.74 bits per heavy atom. The zero-order chi connectivity index (χ0) is 13.9. The number of hydrogen-bond donors (Lipinski definition) is 0. The minimum Gasteiger partial charge on any atom is -0.445 e. The Morgan fingerprint density at radius 1 is 1.42 bits per heavy atom. The molecule has 0 N–H and O–H groups in total. The first-order valence-corrected chi connectivity index (χ1v) is 9.86. The summed E-state index contributed by atoms with van der Waals surface area (Å²) < 4.78 is 5.29. The van der Waals surface area contributed by atoms with Gasteiger partial charge in [-0.25, -0.2) is 4.79 Å². The van der Waals surface area contributed by atoms with Crippen LogP contribution in [0.5, 0.6) is 0 Å². The predicted octanol–water partition coefficient (Wildman–Crippen LogP) is 2.45. The van der Waals surface area contributed by atoms with Gasteiger partial charge >= 0.3 is 6.09 Å². The second-order valence-corrected chi connectivity index (χ2v) is 10.8. The molecule has 4 nitrogen and oxygen atoms in total. The number of amides is 1. The first kappa shape index (κ1) is 13.8. The third-order valence-corrected chi connectivity index (χ3v) is 6.08. The lowest BCUT2D eigenvalue weighted by molar-refractivity contribution is -0.111. The van der Waals surface area contributed by atoms with Gasteiger partial charge in [0.1, 0.15) is 12.9 Å². The van der Waals surface area contributed by atoms with E-state index in [1.165, 1.54) is 0 Å². The number of nitrogens with zero attached hydrogens (tertiary/aromatic N) is 1. The van der Waals surface area contributed by atoms with Crippen molar-refractivity contribution in [3.8, 4) is 0 Å². The van der Waals surface area contributed by atoms with Crippen LogP contribution >= 0.6 is 0 Å². The van der Waals surface area contributed by atoms with E-state index in [0.717, 1.165) is 17.9 Å². The molecular formula is C14H19NO3Si. The van der Waals surface area contributed by atoms with Crippen LogP contribution in [0.1, 0.15) is 5.56 Å². The van der Waals surface area contributed by atoms with Crippen LogP contribution in [-0.2, 0) is 16.1 Å². The summed E-state index contributed by atoms with van der Waals surface area (Å²) in [5.41, 5.74) is 0.953. The quantitative estimate of drug-likeness (QED) is 0.630. The molecule has 0 radical (unpaired) electrons. The summed E-state index contributed by atoms with van der Waals surface area (Å²) in [6, 6.07) is 10.1. The number of carbonyl (C=O) groups excluding carboxylic acids is 2. The monoisotopic (exact) mass is 277 g/mol. The highest BCUT2D eigenvalue weighted by Crippen LogP contribution is 2.26.